The summed E-state index contributed by atoms with van der Waals surface area (Å²) in [6.07, 6.45) is 7.32. The number of nitrogens with one attached hydrogen (secondary N) is 2. The summed E-state index contributed by atoms with van der Waals surface area (Å²) in [5, 5.41) is 4.09. The molecule has 2 aromatic rings. The summed E-state index contributed by atoms with van der Waals surface area (Å²) in [6.45, 7) is 3.08. The number of H-pyrrole nitrogens is 1. The third-order valence-corrected chi connectivity index (χ3v) is 8.00. The molecule has 176 valence electrons. The van der Waals surface area contributed by atoms with Crippen molar-refractivity contribution in [2.75, 3.05) is 26.7 Å². The molecule has 0 radical (unpaired) electrons. The Labute approximate surface area is 193 Å². The molecular weight excluding hydrogens is 420 g/mol. The fraction of sp³-hybridized carbons (Fsp3) is 0.560. The molecule has 0 bridgehead atoms. The summed E-state index contributed by atoms with van der Waals surface area (Å²) in [6, 6.07) is 5.59. The van der Waals surface area contributed by atoms with E-state index >= 15 is 0 Å². The molecule has 4 amide bonds. The van der Waals surface area contributed by atoms with E-state index < -0.39 is 11.6 Å². The third-order valence-electron chi connectivity index (χ3n) is 8.00. The molecule has 1 aromatic carbocycles. The van der Waals surface area contributed by atoms with Gasteiger partial charge in [-0.15, -0.1) is 0 Å². The Morgan fingerprint density at radius 2 is 1.97 bits per heavy atom. The number of fused-ring (bicyclic) bond motifs is 1. The van der Waals surface area contributed by atoms with Gasteiger partial charge in [-0.1, -0.05) is 19.8 Å². The number of amides is 4. The first-order valence-corrected chi connectivity index (χ1v) is 12.0. The first kappa shape index (κ1) is 21.8. The predicted molar refractivity (Wildman–Crippen MR) is 124 cm³/mol. The van der Waals surface area contributed by atoms with Gasteiger partial charge in [-0.2, -0.15) is 0 Å². The van der Waals surface area contributed by atoms with E-state index in [1.165, 1.54) is 5.56 Å². The van der Waals surface area contributed by atoms with E-state index in [0.717, 1.165) is 53.7 Å². The van der Waals surface area contributed by atoms with Crippen molar-refractivity contribution in [2.24, 2.45) is 5.92 Å². The van der Waals surface area contributed by atoms with E-state index in [2.05, 4.69) is 22.6 Å². The molecule has 2 unspecified atom stereocenters. The molecule has 3 aliphatic rings. The van der Waals surface area contributed by atoms with Gasteiger partial charge in [0, 0.05) is 30.2 Å². The average Bonchev–Trinajstić information content (AvgIpc) is 3.35. The van der Waals surface area contributed by atoms with Crippen LogP contribution in [0.15, 0.2) is 24.4 Å². The van der Waals surface area contributed by atoms with Crippen molar-refractivity contribution < 1.29 is 19.1 Å². The summed E-state index contributed by atoms with van der Waals surface area (Å²) in [7, 11) is 1.67. The van der Waals surface area contributed by atoms with Crippen LogP contribution in [-0.4, -0.2) is 64.9 Å². The number of benzene rings is 1. The number of imide groups is 1. The number of aromatic nitrogens is 1. The van der Waals surface area contributed by atoms with E-state index in [0.29, 0.717) is 25.4 Å². The second-order valence-corrected chi connectivity index (χ2v) is 9.75. The highest BCUT2D eigenvalue weighted by Crippen LogP contribution is 2.38. The summed E-state index contributed by atoms with van der Waals surface area (Å²) in [4.78, 5) is 45.1. The molecule has 3 fully saturated rings. The topological polar surface area (TPSA) is 94.7 Å². The van der Waals surface area contributed by atoms with Crippen molar-refractivity contribution in [2.45, 2.75) is 56.9 Å². The van der Waals surface area contributed by atoms with Crippen molar-refractivity contribution in [3.63, 3.8) is 0 Å². The molecule has 2 aliphatic heterocycles. The second kappa shape index (κ2) is 8.39. The van der Waals surface area contributed by atoms with E-state index in [-0.39, 0.29) is 24.3 Å². The van der Waals surface area contributed by atoms with E-state index in [1.54, 1.807) is 12.0 Å². The number of urea groups is 1. The Bertz CT molecular complexity index is 1090. The zero-order valence-corrected chi connectivity index (χ0v) is 19.4. The number of hydrogen-bond donors (Lipinski definition) is 2. The average molecular weight is 453 g/mol. The Morgan fingerprint density at radius 3 is 2.70 bits per heavy atom. The predicted octanol–water partition coefficient (Wildman–Crippen LogP) is 3.38. The Morgan fingerprint density at radius 1 is 1.18 bits per heavy atom. The zero-order valence-electron chi connectivity index (χ0n) is 19.4. The van der Waals surface area contributed by atoms with Gasteiger partial charge in [0.1, 0.15) is 17.8 Å². The van der Waals surface area contributed by atoms with Crippen LogP contribution in [0.1, 0.15) is 56.9 Å². The van der Waals surface area contributed by atoms with Gasteiger partial charge in [0.2, 0.25) is 5.91 Å². The quantitative estimate of drug-likeness (QED) is 0.696. The van der Waals surface area contributed by atoms with Crippen LogP contribution < -0.4 is 10.1 Å². The van der Waals surface area contributed by atoms with E-state index in [4.69, 9.17) is 4.74 Å². The standard InChI is InChI=1S/C25H32N4O4/c1-16-5-3-4-10-25(16)23(31)29(24(32)27-25)15-22(30)28-11-8-17(9-12-28)20-14-26-21-7-6-18(33-2)13-19(20)21/h6-7,13-14,16-17,26H,3-5,8-12,15H2,1-2H3,(H,27,32). The van der Waals surface area contributed by atoms with Crippen LogP contribution in [0.4, 0.5) is 4.79 Å². The van der Waals surface area contributed by atoms with E-state index in [1.807, 2.05) is 19.1 Å². The number of carbonyl (C=O) groups is 3. The maximum atomic E-state index is 13.2. The summed E-state index contributed by atoms with van der Waals surface area (Å²) < 4.78 is 5.38. The van der Waals surface area contributed by atoms with Crippen LogP contribution in [0, 0.1) is 5.92 Å². The Balaban J connectivity index is 1.23. The number of piperidine rings is 1. The first-order chi connectivity index (χ1) is 15.9. The van der Waals surface area contributed by atoms with Gasteiger partial charge in [-0.25, -0.2) is 4.79 Å². The zero-order chi connectivity index (χ0) is 23.2. The molecule has 1 spiro atoms. The monoisotopic (exact) mass is 452 g/mol. The van der Waals surface area contributed by atoms with Crippen LogP contribution in [0.25, 0.3) is 10.9 Å². The minimum atomic E-state index is -0.820. The van der Waals surface area contributed by atoms with Crippen molar-refractivity contribution in [1.29, 1.82) is 0 Å². The number of likely N-dealkylation sites (tertiary alicyclic amines) is 1. The SMILES string of the molecule is COc1ccc2[nH]cc(C3CCN(C(=O)CN4C(=O)NC5(CCCCC5C)C4=O)CC3)c2c1. The number of rotatable bonds is 4. The normalized spacial score (nSPS) is 26.3. The molecule has 8 nitrogen and oxygen atoms in total. The van der Waals surface area contributed by atoms with Crippen molar-refractivity contribution in [3.8, 4) is 5.75 Å². The number of aromatic amines is 1. The maximum Gasteiger partial charge on any atom is 0.325 e. The highest BCUT2D eigenvalue weighted by molar-refractivity contribution is 6.09. The molecule has 3 heterocycles. The number of ether oxygens (including phenoxy) is 1. The first-order valence-electron chi connectivity index (χ1n) is 12.0. The minimum Gasteiger partial charge on any atom is -0.497 e. The highest BCUT2D eigenvalue weighted by Gasteiger charge is 2.55. The molecule has 2 N–H and O–H groups in total. The van der Waals surface area contributed by atoms with E-state index in [9.17, 15) is 14.4 Å². The van der Waals surface area contributed by atoms with Crippen molar-refractivity contribution in [1.82, 2.24) is 20.1 Å². The van der Waals surface area contributed by atoms with Gasteiger partial charge in [0.25, 0.3) is 5.91 Å². The fourth-order valence-electron chi connectivity index (χ4n) is 5.90. The number of carbonyl (C=O) groups excluding carboxylic acids is 3. The van der Waals surface area contributed by atoms with Gasteiger partial charge < -0.3 is 19.9 Å². The van der Waals surface area contributed by atoms with Crippen LogP contribution in [-0.2, 0) is 9.59 Å². The highest BCUT2D eigenvalue weighted by atomic mass is 16.5. The van der Waals surface area contributed by atoms with Crippen LogP contribution in [0.3, 0.4) is 0 Å². The lowest BCUT2D eigenvalue weighted by Gasteiger charge is -2.37. The van der Waals surface area contributed by atoms with Crippen molar-refractivity contribution >= 4 is 28.7 Å². The third kappa shape index (κ3) is 3.65. The number of hydrogen-bond acceptors (Lipinski definition) is 4. The van der Waals surface area contributed by atoms with Crippen LogP contribution in [0.5, 0.6) is 5.75 Å². The second-order valence-electron chi connectivity index (χ2n) is 9.75. The molecule has 2 saturated heterocycles. The van der Waals surface area contributed by atoms with Gasteiger partial charge in [-0.05, 0) is 61.3 Å². The largest absolute Gasteiger partial charge is 0.497 e. The maximum absolute atomic E-state index is 13.2. The lowest BCUT2D eigenvalue weighted by Crippen LogP contribution is -2.54. The molecule has 1 saturated carbocycles. The lowest BCUT2D eigenvalue weighted by molar-refractivity contribution is -0.141. The molecular formula is C25H32N4O4. The van der Waals surface area contributed by atoms with Gasteiger partial charge in [0.05, 0.1) is 7.11 Å². The summed E-state index contributed by atoms with van der Waals surface area (Å²) in [5.41, 5.74) is 1.51. The molecule has 1 aromatic heterocycles. The molecule has 1 aliphatic carbocycles. The van der Waals surface area contributed by atoms with Crippen molar-refractivity contribution in [3.05, 3.63) is 30.0 Å². The fourth-order valence-corrected chi connectivity index (χ4v) is 5.90. The molecule has 33 heavy (non-hydrogen) atoms. The summed E-state index contributed by atoms with van der Waals surface area (Å²) in [5.74, 6) is 0.884. The molecule has 5 rings (SSSR count). The number of nitrogens with zero attached hydrogens (tertiary/aromatic N) is 2. The lowest BCUT2D eigenvalue weighted by atomic mass is 9.73. The van der Waals surface area contributed by atoms with Gasteiger partial charge >= 0.3 is 6.03 Å². The van der Waals surface area contributed by atoms with Gasteiger partial charge in [-0.3, -0.25) is 14.5 Å². The number of methoxy groups -OCH3 is 1. The summed E-state index contributed by atoms with van der Waals surface area (Å²) >= 11 is 0. The Kier molecular flexibility index (Phi) is 5.54. The molecule has 2 atom stereocenters. The van der Waals surface area contributed by atoms with Gasteiger partial charge in [0.15, 0.2) is 0 Å². The minimum absolute atomic E-state index is 0.0911. The molecule has 8 heteroatoms. The smallest absolute Gasteiger partial charge is 0.325 e. The van der Waals surface area contributed by atoms with Crippen LogP contribution in [0.2, 0.25) is 0 Å². The van der Waals surface area contributed by atoms with Crippen LogP contribution >= 0.6 is 0 Å². The Hall–Kier alpha value is -3.03.